The van der Waals surface area contributed by atoms with Gasteiger partial charge in [0.25, 0.3) is 11.8 Å². The van der Waals surface area contributed by atoms with E-state index in [9.17, 15) is 9.59 Å². The van der Waals surface area contributed by atoms with Crippen LogP contribution in [0.1, 0.15) is 5.76 Å². The number of furan rings is 1. The van der Waals surface area contributed by atoms with Crippen LogP contribution >= 0.6 is 24.0 Å². The van der Waals surface area contributed by atoms with Crippen molar-refractivity contribution in [3.8, 4) is 5.75 Å². The maximum atomic E-state index is 13.1. The Labute approximate surface area is 182 Å². The minimum atomic E-state index is -0.579. The first-order valence-corrected chi connectivity index (χ1v) is 10.2. The van der Waals surface area contributed by atoms with Gasteiger partial charge in [-0.1, -0.05) is 42.1 Å². The molecular weight excluding hydrogens is 420 g/mol. The highest BCUT2D eigenvalue weighted by molar-refractivity contribution is 7.99. The van der Waals surface area contributed by atoms with E-state index in [1.165, 1.54) is 29.8 Å². The molecule has 4 rings (SSSR count). The molecule has 2 heterocycles. The summed E-state index contributed by atoms with van der Waals surface area (Å²) in [7, 11) is 1.50. The summed E-state index contributed by atoms with van der Waals surface area (Å²) < 4.78 is 11.1. The molecule has 3 aromatic rings. The van der Waals surface area contributed by atoms with Gasteiger partial charge in [0, 0.05) is 4.90 Å². The van der Waals surface area contributed by atoms with Crippen molar-refractivity contribution in [3.05, 3.63) is 78.1 Å². The molecule has 1 aliphatic heterocycles. The van der Waals surface area contributed by atoms with Crippen molar-refractivity contribution in [1.82, 2.24) is 5.32 Å². The Morgan fingerprint density at radius 1 is 1.03 bits per heavy atom. The number of carbonyl (C=O) groups is 2. The van der Waals surface area contributed by atoms with Gasteiger partial charge in [-0.3, -0.25) is 14.9 Å². The van der Waals surface area contributed by atoms with Crippen LogP contribution in [0.4, 0.5) is 5.69 Å². The molecule has 0 atom stereocenters. The molecule has 1 aliphatic rings. The van der Waals surface area contributed by atoms with Crippen molar-refractivity contribution in [3.63, 3.8) is 0 Å². The molecule has 6 nitrogen and oxygen atoms in total. The van der Waals surface area contributed by atoms with Crippen molar-refractivity contribution in [2.45, 2.75) is 9.99 Å². The lowest BCUT2D eigenvalue weighted by atomic mass is 10.1. The molecule has 1 saturated heterocycles. The second kappa shape index (κ2) is 8.56. The molecule has 0 unspecified atom stereocenters. The first-order valence-electron chi connectivity index (χ1n) is 8.94. The van der Waals surface area contributed by atoms with E-state index < -0.39 is 11.8 Å². The highest BCUT2D eigenvalue weighted by Crippen LogP contribution is 2.32. The maximum absolute atomic E-state index is 13.1. The number of nitrogens with one attached hydrogen (secondary N) is 1. The summed E-state index contributed by atoms with van der Waals surface area (Å²) >= 11 is 6.67. The zero-order chi connectivity index (χ0) is 21.1. The zero-order valence-corrected chi connectivity index (χ0v) is 17.5. The van der Waals surface area contributed by atoms with Crippen molar-refractivity contribution >= 4 is 52.7 Å². The summed E-state index contributed by atoms with van der Waals surface area (Å²) in [6, 6.07) is 20.2. The third kappa shape index (κ3) is 4.00. The van der Waals surface area contributed by atoms with E-state index in [-0.39, 0.29) is 10.7 Å². The van der Waals surface area contributed by atoms with Crippen LogP contribution in [0.15, 0.2) is 86.7 Å². The number of carbonyl (C=O) groups excluding carboxylic acids is 2. The van der Waals surface area contributed by atoms with Gasteiger partial charge < -0.3 is 9.15 Å². The Kier molecular flexibility index (Phi) is 5.69. The predicted octanol–water partition coefficient (Wildman–Crippen LogP) is 4.27. The monoisotopic (exact) mass is 436 g/mol. The standard InChI is InChI=1S/C22H16N2O4S2/c1-27-18-10-6-5-9-17(18)24-21(26)16(20(25)23-22(24)29)13-14-11-12-19(28-14)30-15-7-3-2-4-8-15/h2-13H,1H3,(H,23,25,29)/b16-13+. The summed E-state index contributed by atoms with van der Waals surface area (Å²) in [6.45, 7) is 0. The summed E-state index contributed by atoms with van der Waals surface area (Å²) in [5.41, 5.74) is 0.362. The molecule has 0 bridgehead atoms. The minimum absolute atomic E-state index is 0.00795. The second-order valence-corrected chi connectivity index (χ2v) is 7.67. The van der Waals surface area contributed by atoms with Crippen LogP contribution in [0, 0.1) is 0 Å². The number of rotatable bonds is 5. The van der Waals surface area contributed by atoms with E-state index in [1.54, 1.807) is 36.4 Å². The van der Waals surface area contributed by atoms with Gasteiger partial charge in [-0.25, -0.2) is 4.90 Å². The van der Waals surface area contributed by atoms with Gasteiger partial charge in [0.15, 0.2) is 10.2 Å². The number of nitrogens with zero attached hydrogens (tertiary/aromatic N) is 1. The Morgan fingerprint density at radius 2 is 1.77 bits per heavy atom. The molecule has 0 saturated carbocycles. The van der Waals surface area contributed by atoms with Crippen LogP contribution in [-0.4, -0.2) is 24.0 Å². The van der Waals surface area contributed by atoms with Crippen LogP contribution in [0.2, 0.25) is 0 Å². The summed E-state index contributed by atoms with van der Waals surface area (Å²) in [4.78, 5) is 27.8. The third-order valence-electron chi connectivity index (χ3n) is 4.28. The van der Waals surface area contributed by atoms with Gasteiger partial charge in [-0.05, 0) is 54.7 Å². The Bertz CT molecular complexity index is 1150. The molecule has 0 spiro atoms. The van der Waals surface area contributed by atoms with E-state index in [1.807, 2.05) is 30.3 Å². The summed E-state index contributed by atoms with van der Waals surface area (Å²) in [6.07, 6.45) is 1.41. The number of anilines is 1. The van der Waals surface area contributed by atoms with E-state index in [2.05, 4.69) is 5.32 Å². The average molecular weight is 437 g/mol. The number of thiocarbonyl (C=S) groups is 1. The molecule has 8 heteroatoms. The van der Waals surface area contributed by atoms with Gasteiger partial charge in [-0.2, -0.15) is 0 Å². The molecule has 0 aliphatic carbocycles. The highest BCUT2D eigenvalue weighted by atomic mass is 32.2. The van der Waals surface area contributed by atoms with E-state index >= 15 is 0 Å². The van der Waals surface area contributed by atoms with Gasteiger partial charge >= 0.3 is 0 Å². The normalized spacial score (nSPS) is 15.4. The number of ether oxygens (including phenoxy) is 1. The Balaban J connectivity index is 1.63. The number of amides is 2. The van der Waals surface area contributed by atoms with Gasteiger partial charge in [0.1, 0.15) is 17.1 Å². The summed E-state index contributed by atoms with van der Waals surface area (Å²) in [5.74, 6) is -0.283. The van der Waals surface area contributed by atoms with E-state index in [0.717, 1.165) is 4.90 Å². The zero-order valence-electron chi connectivity index (χ0n) is 15.8. The molecule has 0 radical (unpaired) electrons. The molecule has 1 aromatic heterocycles. The third-order valence-corrected chi connectivity index (χ3v) is 5.49. The van der Waals surface area contributed by atoms with Crippen molar-refractivity contribution < 1.29 is 18.7 Å². The molecule has 2 amide bonds. The van der Waals surface area contributed by atoms with Gasteiger partial charge in [0.2, 0.25) is 0 Å². The highest BCUT2D eigenvalue weighted by Gasteiger charge is 2.36. The van der Waals surface area contributed by atoms with Crippen LogP contribution in [-0.2, 0) is 9.59 Å². The number of benzene rings is 2. The van der Waals surface area contributed by atoms with E-state index in [0.29, 0.717) is 22.3 Å². The maximum Gasteiger partial charge on any atom is 0.270 e. The number of hydrogen-bond acceptors (Lipinski definition) is 6. The van der Waals surface area contributed by atoms with Gasteiger partial charge in [-0.15, -0.1) is 0 Å². The number of methoxy groups -OCH3 is 1. The fourth-order valence-electron chi connectivity index (χ4n) is 2.90. The van der Waals surface area contributed by atoms with Crippen LogP contribution in [0.25, 0.3) is 6.08 Å². The molecular formula is C22H16N2O4S2. The topological polar surface area (TPSA) is 71.8 Å². The number of hydrogen-bond donors (Lipinski definition) is 1. The van der Waals surface area contributed by atoms with Crippen molar-refractivity contribution in [2.75, 3.05) is 12.0 Å². The van der Waals surface area contributed by atoms with Crippen molar-refractivity contribution in [1.29, 1.82) is 0 Å². The van der Waals surface area contributed by atoms with E-state index in [4.69, 9.17) is 21.4 Å². The SMILES string of the molecule is COc1ccccc1N1C(=O)/C(=C/c2ccc(Sc3ccccc3)o2)C(=O)NC1=S. The molecule has 150 valence electrons. The molecule has 1 fully saturated rings. The lowest BCUT2D eigenvalue weighted by molar-refractivity contribution is -0.122. The lowest BCUT2D eigenvalue weighted by Gasteiger charge is -2.29. The Morgan fingerprint density at radius 3 is 2.53 bits per heavy atom. The minimum Gasteiger partial charge on any atom is -0.495 e. The second-order valence-electron chi connectivity index (χ2n) is 6.20. The smallest absolute Gasteiger partial charge is 0.270 e. The lowest BCUT2D eigenvalue weighted by Crippen LogP contribution is -2.54. The fourth-order valence-corrected chi connectivity index (χ4v) is 3.98. The number of para-hydroxylation sites is 2. The van der Waals surface area contributed by atoms with Gasteiger partial charge in [0.05, 0.1) is 12.8 Å². The molecule has 2 aromatic carbocycles. The first-order chi connectivity index (χ1) is 14.6. The first kappa shape index (κ1) is 19.9. The van der Waals surface area contributed by atoms with Crippen LogP contribution < -0.4 is 15.0 Å². The van der Waals surface area contributed by atoms with Crippen molar-refractivity contribution in [2.24, 2.45) is 0 Å². The molecule has 1 N–H and O–H groups in total. The van der Waals surface area contributed by atoms with Crippen LogP contribution in [0.5, 0.6) is 5.75 Å². The Hall–Kier alpha value is -3.36. The fraction of sp³-hybridized carbons (Fsp3) is 0.0455. The van der Waals surface area contributed by atoms with Crippen LogP contribution in [0.3, 0.4) is 0 Å². The quantitative estimate of drug-likeness (QED) is 0.366. The molecule has 30 heavy (non-hydrogen) atoms. The summed E-state index contributed by atoms with van der Waals surface area (Å²) in [5, 5.41) is 3.19. The largest absolute Gasteiger partial charge is 0.495 e. The predicted molar refractivity (Wildman–Crippen MR) is 118 cm³/mol. The average Bonchev–Trinajstić information content (AvgIpc) is 3.19.